The quantitative estimate of drug-likeness (QED) is 0.231. The average Bonchev–Trinajstić information content (AvgIpc) is 3.63. The number of benzene rings is 3. The molecule has 2 aliphatic rings. The fraction of sp³-hybridized carbons (Fsp3) is 0.118. The van der Waals surface area contributed by atoms with Crippen LogP contribution in [0.5, 0.6) is 0 Å². The van der Waals surface area contributed by atoms with Crippen LogP contribution in [0.25, 0.3) is 23.1 Å². The molecule has 1 unspecified atom stereocenters. The second-order valence-corrected chi connectivity index (χ2v) is 12.4. The van der Waals surface area contributed by atoms with Crippen LogP contribution < -0.4 is 14.0 Å². The molecule has 0 saturated carbocycles. The number of fused-ring (bicyclic) bond motifs is 3. The van der Waals surface area contributed by atoms with E-state index in [0.29, 0.717) is 31.1 Å². The van der Waals surface area contributed by atoms with Crippen molar-refractivity contribution in [3.63, 3.8) is 0 Å². The fourth-order valence-corrected chi connectivity index (χ4v) is 7.89. The number of esters is 1. The van der Waals surface area contributed by atoms with Gasteiger partial charge in [0.05, 0.1) is 0 Å². The monoisotopic (exact) mass is 636 g/mol. The number of aryl methyl sites for hydroxylation is 1. The molecule has 0 amide bonds. The van der Waals surface area contributed by atoms with E-state index in [-0.39, 0.29) is 17.2 Å². The number of nitrogens with zero attached hydrogens (tertiary/aromatic N) is 2. The molecular weight excluding hydrogens is 611 g/mol. The third-order valence-corrected chi connectivity index (χ3v) is 9.91. The van der Waals surface area contributed by atoms with Gasteiger partial charge in [-0.2, -0.15) is 0 Å². The van der Waals surface area contributed by atoms with E-state index in [2.05, 4.69) is 12.1 Å². The number of hydrogen-bond donors (Lipinski definition) is 1. The number of allylic oxidation sites excluding steroid dienone is 1. The molecule has 1 aliphatic carbocycles. The van der Waals surface area contributed by atoms with E-state index < -0.39 is 26.4 Å². The third kappa shape index (κ3) is 4.63. The maximum absolute atomic E-state index is 14.1. The van der Waals surface area contributed by atoms with Crippen molar-refractivity contribution in [2.45, 2.75) is 18.9 Å². The third-order valence-electron chi connectivity index (χ3n) is 7.84. The van der Waals surface area contributed by atoms with Crippen LogP contribution in [0.3, 0.4) is 0 Å². The predicted octanol–water partition coefficient (Wildman–Crippen LogP) is 4.06. The second kappa shape index (κ2) is 10.7. The molecule has 8 nitrogen and oxygen atoms in total. The number of aromatic carboxylic acids is 1. The number of aromatic nitrogens is 1. The van der Waals surface area contributed by atoms with Crippen LogP contribution in [-0.2, 0) is 11.2 Å². The summed E-state index contributed by atoms with van der Waals surface area (Å²) in [5.74, 6) is -0.587. The molecule has 3 heterocycles. The van der Waals surface area contributed by atoms with Gasteiger partial charge in [-0.15, -0.1) is 0 Å². The topological polar surface area (TPSA) is 111 Å². The van der Waals surface area contributed by atoms with Crippen molar-refractivity contribution < 1.29 is 23.8 Å². The molecule has 0 radical (unpaired) electrons. The van der Waals surface area contributed by atoms with Crippen molar-refractivity contribution >= 4 is 38.2 Å². The summed E-state index contributed by atoms with van der Waals surface area (Å²) in [6.45, 7) is 0. The molecular formula is C34H24N2O6Se. The van der Waals surface area contributed by atoms with Gasteiger partial charge in [0.25, 0.3) is 0 Å². The van der Waals surface area contributed by atoms with E-state index in [1.165, 1.54) is 18.7 Å². The summed E-state index contributed by atoms with van der Waals surface area (Å²) in [5.41, 5.74) is 6.10. The first kappa shape index (κ1) is 26.9. The van der Waals surface area contributed by atoms with Gasteiger partial charge >= 0.3 is 252 Å². The Bertz CT molecular complexity index is 2150. The summed E-state index contributed by atoms with van der Waals surface area (Å²) in [7, 11) is 1.35. The molecule has 1 atom stereocenters. The van der Waals surface area contributed by atoms with E-state index in [4.69, 9.17) is 14.1 Å². The number of carbonyl (C=O) groups is 2. The van der Waals surface area contributed by atoms with Crippen LogP contribution in [0, 0.1) is 0 Å². The Kier molecular flexibility index (Phi) is 6.69. The van der Waals surface area contributed by atoms with Crippen LogP contribution in [0.15, 0.2) is 105 Å². The molecule has 7 rings (SSSR count). The van der Waals surface area contributed by atoms with Crippen molar-refractivity contribution in [1.29, 1.82) is 0 Å². The molecule has 9 heteroatoms. The number of methoxy groups -OCH3 is 1. The summed E-state index contributed by atoms with van der Waals surface area (Å²) in [6.07, 6.45) is 3.34. The summed E-state index contributed by atoms with van der Waals surface area (Å²) in [6, 6.07) is 25.2. The average molecular weight is 636 g/mol. The normalized spacial score (nSPS) is 15.7. The second-order valence-electron chi connectivity index (χ2n) is 10.3. The minimum absolute atomic E-state index is 0.140. The molecule has 43 heavy (non-hydrogen) atoms. The SMILES string of the molecule is COC(=O)c1ccc(C2C3=C(N=c4[se]/c(=C\c5ccc(-c6ccccc6C(=O)O)o5)c(=O)n42)c2ccccc2CC3)cc1. The number of rotatable bonds is 5. The Balaban J connectivity index is 1.38. The minimum atomic E-state index is -1.04. The Morgan fingerprint density at radius 1 is 0.977 bits per heavy atom. The van der Waals surface area contributed by atoms with Crippen LogP contribution in [0.2, 0.25) is 0 Å². The number of carboxylic acids is 1. The Labute approximate surface area is 251 Å². The van der Waals surface area contributed by atoms with Crippen LogP contribution >= 0.6 is 0 Å². The molecule has 5 aromatic rings. The summed E-state index contributed by atoms with van der Waals surface area (Å²) in [4.78, 5) is 43.0. The number of carboxylic acid groups (broad SMARTS) is 1. The summed E-state index contributed by atoms with van der Waals surface area (Å²) < 4.78 is 14.0. The van der Waals surface area contributed by atoms with Gasteiger partial charge in [-0.3, -0.25) is 0 Å². The molecule has 0 bridgehead atoms. The summed E-state index contributed by atoms with van der Waals surface area (Å²) in [5, 5.41) is 9.60. The van der Waals surface area contributed by atoms with Gasteiger partial charge in [0.2, 0.25) is 0 Å². The Morgan fingerprint density at radius 2 is 1.72 bits per heavy atom. The van der Waals surface area contributed by atoms with Crippen LogP contribution in [0.4, 0.5) is 0 Å². The first-order valence-electron chi connectivity index (χ1n) is 13.7. The molecule has 0 fully saturated rings. The number of furan rings is 1. The molecule has 2 aromatic heterocycles. The molecule has 1 N–H and O–H groups in total. The van der Waals surface area contributed by atoms with Gasteiger partial charge in [0.1, 0.15) is 0 Å². The standard InChI is InChI=1S/C34H24N2O6Se/c1-41-33(40)21-12-10-20(11-13-21)30-26-16-14-19-6-2-3-7-23(19)29(26)35-34-36(30)31(37)28(43-34)18-22-15-17-27(42-22)24-8-4-5-9-25(24)32(38)39/h2-13,15,17-18,30H,14,16H2,1H3,(H,38,39)/b28-18-. The predicted molar refractivity (Wildman–Crippen MR) is 161 cm³/mol. The maximum atomic E-state index is 14.1. The number of hydrogen-bond acceptors (Lipinski definition) is 6. The number of carbonyl (C=O) groups excluding carboxylic acids is 1. The first-order chi connectivity index (χ1) is 20.9. The van der Waals surface area contributed by atoms with E-state index in [1.54, 1.807) is 53.1 Å². The Hall–Kier alpha value is -4.98. The molecule has 0 saturated heterocycles. The first-order valence-corrected chi connectivity index (χ1v) is 15.4. The van der Waals surface area contributed by atoms with Gasteiger partial charge in [0.15, 0.2) is 0 Å². The number of ether oxygens (including phenoxy) is 1. The van der Waals surface area contributed by atoms with Crippen LogP contribution in [0.1, 0.15) is 55.6 Å². The molecule has 0 spiro atoms. The van der Waals surface area contributed by atoms with Crippen molar-refractivity contribution in [3.8, 4) is 11.3 Å². The van der Waals surface area contributed by atoms with E-state index in [1.807, 2.05) is 24.3 Å². The summed E-state index contributed by atoms with van der Waals surface area (Å²) >= 11 is -0.405. The van der Waals surface area contributed by atoms with Crippen molar-refractivity contribution in [2.24, 2.45) is 4.99 Å². The molecule has 3 aromatic carbocycles. The molecule has 1 aliphatic heterocycles. The van der Waals surface area contributed by atoms with E-state index in [0.717, 1.165) is 35.2 Å². The van der Waals surface area contributed by atoms with Crippen molar-refractivity contribution in [1.82, 2.24) is 4.57 Å². The van der Waals surface area contributed by atoms with Gasteiger partial charge in [-0.1, -0.05) is 0 Å². The van der Waals surface area contributed by atoms with Crippen molar-refractivity contribution in [2.75, 3.05) is 7.11 Å². The molecule has 212 valence electrons. The van der Waals surface area contributed by atoms with Crippen LogP contribution in [-0.4, -0.2) is 43.2 Å². The van der Waals surface area contributed by atoms with Gasteiger partial charge in [-0.05, 0) is 0 Å². The zero-order chi connectivity index (χ0) is 29.7. The van der Waals surface area contributed by atoms with E-state index in [9.17, 15) is 19.5 Å². The zero-order valence-corrected chi connectivity index (χ0v) is 24.7. The fourth-order valence-electron chi connectivity index (χ4n) is 5.83. The van der Waals surface area contributed by atoms with Gasteiger partial charge < -0.3 is 0 Å². The van der Waals surface area contributed by atoms with Crippen molar-refractivity contribution in [3.05, 3.63) is 143 Å². The Morgan fingerprint density at radius 3 is 2.49 bits per heavy atom. The zero-order valence-electron chi connectivity index (χ0n) is 22.9. The van der Waals surface area contributed by atoms with E-state index >= 15 is 0 Å². The van der Waals surface area contributed by atoms with Gasteiger partial charge in [-0.25, -0.2) is 0 Å². The van der Waals surface area contributed by atoms with Gasteiger partial charge in [0, 0.05) is 0 Å².